The fourth-order valence-corrected chi connectivity index (χ4v) is 3.78. The Labute approximate surface area is 167 Å². The summed E-state index contributed by atoms with van der Waals surface area (Å²) < 4.78 is 5.49. The van der Waals surface area contributed by atoms with E-state index in [0.29, 0.717) is 25.3 Å². The summed E-state index contributed by atoms with van der Waals surface area (Å²) in [6.45, 7) is 1.08. The minimum Gasteiger partial charge on any atom is -0.493 e. The smallest absolute Gasteiger partial charge is 0.354 e. The first-order valence-corrected chi connectivity index (χ1v) is 9.60. The Morgan fingerprint density at radius 1 is 1.17 bits per heavy atom. The standard InChI is InChI=1S/C21H21N3O5/c25-19(23-15-4-5-18-13(11-15)7-10-29-18)17-3-1-2-9-24(17)20(26)14-6-8-22-16(12-14)21(27)28/h4-6,8,11-12,17H,1-3,7,9-10H2,(H,23,25)(H,27,28). The molecule has 1 fully saturated rings. The van der Waals surface area contributed by atoms with Crippen molar-refractivity contribution in [3.8, 4) is 5.75 Å². The van der Waals surface area contributed by atoms with Crippen molar-refractivity contribution in [2.24, 2.45) is 0 Å². The third kappa shape index (κ3) is 3.91. The van der Waals surface area contributed by atoms with Crippen molar-refractivity contribution in [2.75, 3.05) is 18.5 Å². The zero-order valence-corrected chi connectivity index (χ0v) is 15.8. The van der Waals surface area contributed by atoms with Crippen LogP contribution in [0.1, 0.15) is 45.7 Å². The molecule has 1 unspecified atom stereocenters. The molecule has 1 aromatic carbocycles. The maximum atomic E-state index is 13.0. The van der Waals surface area contributed by atoms with Gasteiger partial charge >= 0.3 is 5.97 Å². The number of benzene rings is 1. The minimum absolute atomic E-state index is 0.200. The number of aromatic nitrogens is 1. The molecule has 150 valence electrons. The number of aromatic carboxylic acids is 1. The topological polar surface area (TPSA) is 109 Å². The fourth-order valence-electron chi connectivity index (χ4n) is 3.78. The predicted molar refractivity (Wildman–Crippen MR) is 104 cm³/mol. The number of hydrogen-bond donors (Lipinski definition) is 2. The van der Waals surface area contributed by atoms with Crippen molar-refractivity contribution in [1.82, 2.24) is 9.88 Å². The second-order valence-electron chi connectivity index (χ2n) is 7.16. The van der Waals surface area contributed by atoms with Crippen LogP contribution in [0.5, 0.6) is 5.75 Å². The molecule has 2 aromatic rings. The zero-order chi connectivity index (χ0) is 20.4. The maximum Gasteiger partial charge on any atom is 0.354 e. The number of likely N-dealkylation sites (tertiary alicyclic amines) is 1. The van der Waals surface area contributed by atoms with Crippen LogP contribution < -0.4 is 10.1 Å². The van der Waals surface area contributed by atoms with E-state index in [1.54, 1.807) is 6.07 Å². The van der Waals surface area contributed by atoms with Gasteiger partial charge in [0, 0.05) is 30.4 Å². The van der Waals surface area contributed by atoms with Crippen LogP contribution in [0.3, 0.4) is 0 Å². The molecule has 2 aliphatic rings. The summed E-state index contributed by atoms with van der Waals surface area (Å²) in [5.74, 6) is -0.973. The summed E-state index contributed by atoms with van der Waals surface area (Å²) in [6, 6.07) is 7.64. The van der Waals surface area contributed by atoms with Gasteiger partial charge in [-0.15, -0.1) is 0 Å². The lowest BCUT2D eigenvalue weighted by Gasteiger charge is -2.34. The lowest BCUT2D eigenvalue weighted by molar-refractivity contribution is -0.121. The Kier molecular flexibility index (Phi) is 5.16. The lowest BCUT2D eigenvalue weighted by Crippen LogP contribution is -2.50. The number of carbonyl (C=O) groups is 3. The Morgan fingerprint density at radius 3 is 2.86 bits per heavy atom. The van der Waals surface area contributed by atoms with E-state index in [9.17, 15) is 14.4 Å². The van der Waals surface area contributed by atoms with Gasteiger partial charge in [-0.25, -0.2) is 9.78 Å². The first-order valence-electron chi connectivity index (χ1n) is 9.60. The summed E-state index contributed by atoms with van der Waals surface area (Å²) in [6.07, 6.45) is 4.30. The van der Waals surface area contributed by atoms with Crippen molar-refractivity contribution in [3.05, 3.63) is 53.3 Å². The van der Waals surface area contributed by atoms with Crippen LogP contribution in [0.25, 0.3) is 0 Å². The summed E-state index contributed by atoms with van der Waals surface area (Å²) in [5.41, 5.74) is 1.74. The number of ether oxygens (including phenoxy) is 1. The van der Waals surface area contributed by atoms with Crippen LogP contribution in [0.2, 0.25) is 0 Å². The highest BCUT2D eigenvalue weighted by molar-refractivity contribution is 6.02. The molecule has 2 amide bonds. The summed E-state index contributed by atoms with van der Waals surface area (Å²) in [5, 5.41) is 12.0. The number of hydrogen-bond acceptors (Lipinski definition) is 5. The van der Waals surface area contributed by atoms with E-state index in [4.69, 9.17) is 9.84 Å². The second kappa shape index (κ2) is 7.90. The van der Waals surface area contributed by atoms with Crippen LogP contribution in [0.15, 0.2) is 36.5 Å². The van der Waals surface area contributed by atoms with Crippen LogP contribution in [0.4, 0.5) is 5.69 Å². The fraction of sp³-hybridized carbons (Fsp3) is 0.333. The average molecular weight is 395 g/mol. The number of nitrogens with zero attached hydrogens (tertiary/aromatic N) is 2. The van der Waals surface area contributed by atoms with Crippen LogP contribution in [-0.2, 0) is 11.2 Å². The molecule has 8 heteroatoms. The highest BCUT2D eigenvalue weighted by Crippen LogP contribution is 2.28. The summed E-state index contributed by atoms with van der Waals surface area (Å²) in [4.78, 5) is 42.4. The van der Waals surface area contributed by atoms with Gasteiger partial charge in [0.2, 0.25) is 5.91 Å². The quantitative estimate of drug-likeness (QED) is 0.823. The van der Waals surface area contributed by atoms with Gasteiger partial charge in [-0.05, 0) is 55.2 Å². The SMILES string of the molecule is O=C(O)c1cc(C(=O)N2CCCCC2C(=O)Nc2ccc3c(c2)CCO3)ccn1. The van der Waals surface area contributed by atoms with Gasteiger partial charge in [-0.2, -0.15) is 0 Å². The Morgan fingerprint density at radius 2 is 2.03 bits per heavy atom. The predicted octanol–water partition coefficient (Wildman–Crippen LogP) is 2.35. The van der Waals surface area contributed by atoms with Gasteiger partial charge in [0.05, 0.1) is 6.61 Å². The van der Waals surface area contributed by atoms with E-state index < -0.39 is 12.0 Å². The molecule has 2 N–H and O–H groups in total. The third-order valence-corrected chi connectivity index (χ3v) is 5.25. The molecule has 1 atom stereocenters. The van der Waals surface area contributed by atoms with E-state index in [0.717, 1.165) is 30.6 Å². The van der Waals surface area contributed by atoms with E-state index in [1.165, 1.54) is 23.2 Å². The maximum absolute atomic E-state index is 13.0. The molecule has 3 heterocycles. The van der Waals surface area contributed by atoms with E-state index in [-0.39, 0.29) is 23.1 Å². The Hall–Kier alpha value is -3.42. The second-order valence-corrected chi connectivity index (χ2v) is 7.16. The molecule has 0 radical (unpaired) electrons. The molecule has 2 aliphatic heterocycles. The molecule has 8 nitrogen and oxygen atoms in total. The van der Waals surface area contributed by atoms with E-state index in [1.807, 2.05) is 12.1 Å². The van der Waals surface area contributed by atoms with Gasteiger partial charge in [0.15, 0.2) is 0 Å². The van der Waals surface area contributed by atoms with Gasteiger partial charge in [0.1, 0.15) is 17.5 Å². The molecule has 4 rings (SSSR count). The average Bonchev–Trinajstić information content (AvgIpc) is 3.21. The summed E-state index contributed by atoms with van der Waals surface area (Å²) in [7, 11) is 0. The van der Waals surface area contributed by atoms with Gasteiger partial charge in [-0.3, -0.25) is 9.59 Å². The van der Waals surface area contributed by atoms with Crippen molar-refractivity contribution in [3.63, 3.8) is 0 Å². The van der Waals surface area contributed by atoms with Crippen molar-refractivity contribution in [2.45, 2.75) is 31.7 Å². The van der Waals surface area contributed by atoms with Crippen molar-refractivity contribution in [1.29, 1.82) is 0 Å². The monoisotopic (exact) mass is 395 g/mol. The Bertz CT molecular complexity index is 975. The highest BCUT2D eigenvalue weighted by Gasteiger charge is 2.33. The van der Waals surface area contributed by atoms with Gasteiger partial charge in [-0.1, -0.05) is 0 Å². The number of pyridine rings is 1. The van der Waals surface area contributed by atoms with Crippen molar-refractivity contribution < 1.29 is 24.2 Å². The van der Waals surface area contributed by atoms with Crippen LogP contribution in [-0.4, -0.2) is 52.0 Å². The number of carboxylic acids is 1. The molecule has 0 bridgehead atoms. The molecule has 0 saturated carbocycles. The number of amides is 2. The zero-order valence-electron chi connectivity index (χ0n) is 15.8. The number of rotatable bonds is 4. The normalized spacial score (nSPS) is 17.9. The minimum atomic E-state index is -1.20. The first-order chi connectivity index (χ1) is 14.0. The number of anilines is 1. The van der Waals surface area contributed by atoms with E-state index in [2.05, 4.69) is 10.3 Å². The number of carbonyl (C=O) groups excluding carboxylic acids is 2. The van der Waals surface area contributed by atoms with E-state index >= 15 is 0 Å². The number of piperidine rings is 1. The molecule has 1 saturated heterocycles. The third-order valence-electron chi connectivity index (χ3n) is 5.25. The number of fused-ring (bicyclic) bond motifs is 1. The molecular formula is C21H21N3O5. The Balaban J connectivity index is 1.52. The largest absolute Gasteiger partial charge is 0.493 e. The number of nitrogens with one attached hydrogen (secondary N) is 1. The van der Waals surface area contributed by atoms with Crippen molar-refractivity contribution >= 4 is 23.5 Å². The lowest BCUT2D eigenvalue weighted by atomic mass is 9.99. The van der Waals surface area contributed by atoms with Crippen LogP contribution >= 0.6 is 0 Å². The highest BCUT2D eigenvalue weighted by atomic mass is 16.5. The van der Waals surface area contributed by atoms with Gasteiger partial charge in [0.25, 0.3) is 5.91 Å². The van der Waals surface area contributed by atoms with Crippen LogP contribution in [0, 0.1) is 0 Å². The molecular weight excluding hydrogens is 374 g/mol. The molecule has 0 spiro atoms. The number of carboxylic acid groups (broad SMARTS) is 1. The summed E-state index contributed by atoms with van der Waals surface area (Å²) >= 11 is 0. The molecule has 29 heavy (non-hydrogen) atoms. The van der Waals surface area contributed by atoms with Gasteiger partial charge < -0.3 is 20.1 Å². The molecule has 1 aromatic heterocycles. The first kappa shape index (κ1) is 18.9. The molecule has 0 aliphatic carbocycles.